The molecule has 0 aromatic heterocycles. The fourth-order valence-electron chi connectivity index (χ4n) is 2.59. The number of carbonyl (C=O) groups is 2. The number of ether oxygens (including phenoxy) is 1. The number of halogens is 2. The molecule has 0 aliphatic heterocycles. The Kier molecular flexibility index (Phi) is 7.32. The maximum Gasteiger partial charge on any atom is 0.339 e. The predicted molar refractivity (Wildman–Crippen MR) is 112 cm³/mol. The smallest absolute Gasteiger partial charge is 0.339 e. The van der Waals surface area contributed by atoms with Crippen LogP contribution in [0.25, 0.3) is 0 Å². The summed E-state index contributed by atoms with van der Waals surface area (Å²) in [6.45, 7) is 4.82. The molecule has 0 fully saturated rings. The number of sulfone groups is 1. The molecule has 2 aromatic rings. The van der Waals surface area contributed by atoms with Crippen LogP contribution in [0.2, 0.25) is 10.0 Å². The summed E-state index contributed by atoms with van der Waals surface area (Å²) >= 11 is 12.0. The summed E-state index contributed by atoms with van der Waals surface area (Å²) in [4.78, 5) is 24.9. The first-order chi connectivity index (χ1) is 13.4. The SMILES string of the molecule is Cc1ccc(S(C)(=O)=O)cc1C(=O)O[C@@H](C)C(=O)N[C@H](C)c1ccc(Cl)cc1Cl. The summed E-state index contributed by atoms with van der Waals surface area (Å²) in [5.41, 5.74) is 1.29. The molecular formula is C20H21Cl2NO5S. The molecule has 0 heterocycles. The largest absolute Gasteiger partial charge is 0.449 e. The van der Waals surface area contributed by atoms with Crippen molar-refractivity contribution in [1.29, 1.82) is 0 Å². The Morgan fingerprint density at radius 2 is 1.72 bits per heavy atom. The molecule has 2 aromatic carbocycles. The number of esters is 1. The molecule has 2 rings (SSSR count). The van der Waals surface area contributed by atoms with E-state index in [0.29, 0.717) is 21.2 Å². The van der Waals surface area contributed by atoms with Gasteiger partial charge in [0.15, 0.2) is 15.9 Å². The lowest BCUT2D eigenvalue weighted by atomic mass is 10.1. The first-order valence-corrected chi connectivity index (χ1v) is 11.3. The van der Waals surface area contributed by atoms with E-state index in [0.717, 1.165) is 6.26 Å². The maximum atomic E-state index is 12.5. The van der Waals surface area contributed by atoms with Crippen LogP contribution in [-0.2, 0) is 19.4 Å². The van der Waals surface area contributed by atoms with Crippen LogP contribution in [0, 0.1) is 6.92 Å². The zero-order valence-electron chi connectivity index (χ0n) is 16.3. The second-order valence-corrected chi connectivity index (χ2v) is 9.55. The molecule has 0 aliphatic carbocycles. The second-order valence-electron chi connectivity index (χ2n) is 6.69. The Bertz CT molecular complexity index is 1050. The molecule has 6 nitrogen and oxygen atoms in total. The Morgan fingerprint density at radius 3 is 2.31 bits per heavy atom. The summed E-state index contributed by atoms with van der Waals surface area (Å²) in [7, 11) is -3.48. The van der Waals surface area contributed by atoms with Crippen molar-refractivity contribution in [2.24, 2.45) is 0 Å². The van der Waals surface area contributed by atoms with Crippen molar-refractivity contribution in [3.05, 3.63) is 63.1 Å². The highest BCUT2D eigenvalue weighted by Gasteiger charge is 2.23. The van der Waals surface area contributed by atoms with Gasteiger partial charge in [-0.1, -0.05) is 35.3 Å². The summed E-state index contributed by atoms with van der Waals surface area (Å²) < 4.78 is 28.7. The number of benzene rings is 2. The van der Waals surface area contributed by atoms with Crippen molar-refractivity contribution in [3.63, 3.8) is 0 Å². The highest BCUT2D eigenvalue weighted by molar-refractivity contribution is 7.90. The van der Waals surface area contributed by atoms with Gasteiger partial charge in [0.1, 0.15) is 0 Å². The van der Waals surface area contributed by atoms with E-state index in [2.05, 4.69) is 5.32 Å². The second kappa shape index (κ2) is 9.15. The Balaban J connectivity index is 2.10. The van der Waals surface area contributed by atoms with Gasteiger partial charge in [-0.2, -0.15) is 0 Å². The number of rotatable bonds is 6. The highest BCUT2D eigenvalue weighted by Crippen LogP contribution is 2.26. The van der Waals surface area contributed by atoms with Crippen LogP contribution in [0.4, 0.5) is 0 Å². The standard InChI is InChI=1S/C20H21Cl2NO5S/c1-11-5-7-15(29(4,26)27)10-17(11)20(25)28-13(3)19(24)23-12(2)16-8-6-14(21)9-18(16)22/h5-10,12-13H,1-4H3,(H,23,24)/t12-,13+/m1/s1. The Morgan fingerprint density at radius 1 is 1.07 bits per heavy atom. The van der Waals surface area contributed by atoms with Gasteiger partial charge in [0.25, 0.3) is 5.91 Å². The number of hydrogen-bond acceptors (Lipinski definition) is 5. The van der Waals surface area contributed by atoms with Gasteiger partial charge in [-0.15, -0.1) is 0 Å². The highest BCUT2D eigenvalue weighted by atomic mass is 35.5. The lowest BCUT2D eigenvalue weighted by Gasteiger charge is -2.19. The molecule has 156 valence electrons. The van der Waals surface area contributed by atoms with Crippen LogP contribution in [0.3, 0.4) is 0 Å². The minimum Gasteiger partial charge on any atom is -0.449 e. The van der Waals surface area contributed by atoms with Gasteiger partial charge in [-0.25, -0.2) is 13.2 Å². The van der Waals surface area contributed by atoms with Crippen LogP contribution in [0.5, 0.6) is 0 Å². The minimum absolute atomic E-state index is 0.00171. The first-order valence-electron chi connectivity index (χ1n) is 8.67. The predicted octanol–water partition coefficient (Wildman–Crippen LogP) is 4.13. The normalized spacial score (nSPS) is 13.4. The van der Waals surface area contributed by atoms with E-state index in [-0.39, 0.29) is 10.5 Å². The topological polar surface area (TPSA) is 89.5 Å². The molecule has 29 heavy (non-hydrogen) atoms. The maximum absolute atomic E-state index is 12.5. The monoisotopic (exact) mass is 457 g/mol. The third-order valence-electron chi connectivity index (χ3n) is 4.30. The van der Waals surface area contributed by atoms with Crippen molar-refractivity contribution >= 4 is 44.9 Å². The molecule has 1 amide bonds. The number of aryl methyl sites for hydroxylation is 1. The third kappa shape index (κ3) is 5.95. The molecular weight excluding hydrogens is 437 g/mol. The molecule has 1 N–H and O–H groups in total. The lowest BCUT2D eigenvalue weighted by molar-refractivity contribution is -0.129. The molecule has 0 unspecified atom stereocenters. The number of amides is 1. The van der Waals surface area contributed by atoms with Gasteiger partial charge < -0.3 is 10.1 Å². The summed E-state index contributed by atoms with van der Waals surface area (Å²) in [6.07, 6.45) is -0.0520. The average molecular weight is 458 g/mol. The fraction of sp³-hybridized carbons (Fsp3) is 0.300. The molecule has 0 aliphatic rings. The zero-order valence-corrected chi connectivity index (χ0v) is 18.7. The van der Waals surface area contributed by atoms with Crippen LogP contribution < -0.4 is 5.32 Å². The summed E-state index contributed by atoms with van der Waals surface area (Å²) in [6, 6.07) is 8.66. The fourth-order valence-corrected chi connectivity index (χ4v) is 3.81. The molecule has 0 spiro atoms. The summed E-state index contributed by atoms with van der Waals surface area (Å²) in [5.74, 6) is -1.30. The minimum atomic E-state index is -3.48. The van der Waals surface area contributed by atoms with E-state index in [4.69, 9.17) is 27.9 Å². The lowest BCUT2D eigenvalue weighted by Crippen LogP contribution is -2.37. The van der Waals surface area contributed by atoms with Crippen molar-refractivity contribution in [1.82, 2.24) is 5.32 Å². The van der Waals surface area contributed by atoms with Gasteiger partial charge in [0.2, 0.25) is 0 Å². The van der Waals surface area contributed by atoms with E-state index < -0.39 is 33.9 Å². The van der Waals surface area contributed by atoms with Gasteiger partial charge in [0.05, 0.1) is 16.5 Å². The van der Waals surface area contributed by atoms with Gasteiger partial charge in [-0.05, 0) is 56.2 Å². The zero-order chi connectivity index (χ0) is 21.9. The number of hydrogen-bond donors (Lipinski definition) is 1. The molecule has 9 heteroatoms. The third-order valence-corrected chi connectivity index (χ3v) is 5.97. The first kappa shape index (κ1) is 23.2. The van der Waals surface area contributed by atoms with Gasteiger partial charge in [0, 0.05) is 16.3 Å². The van der Waals surface area contributed by atoms with E-state index in [9.17, 15) is 18.0 Å². The number of carbonyl (C=O) groups excluding carboxylic acids is 2. The Hall–Kier alpha value is -2.09. The van der Waals surface area contributed by atoms with Crippen molar-refractivity contribution < 1.29 is 22.7 Å². The van der Waals surface area contributed by atoms with Gasteiger partial charge in [-0.3, -0.25) is 4.79 Å². The molecule has 0 bridgehead atoms. The molecule has 0 saturated carbocycles. The van der Waals surface area contributed by atoms with Crippen LogP contribution in [0.1, 0.15) is 41.4 Å². The van der Waals surface area contributed by atoms with E-state index in [1.54, 1.807) is 32.0 Å². The van der Waals surface area contributed by atoms with Crippen molar-refractivity contribution in [2.75, 3.05) is 6.26 Å². The molecule has 2 atom stereocenters. The average Bonchev–Trinajstić information content (AvgIpc) is 2.60. The van der Waals surface area contributed by atoms with E-state index >= 15 is 0 Å². The Labute approximate surface area is 180 Å². The molecule has 0 radical (unpaired) electrons. The summed E-state index contributed by atoms with van der Waals surface area (Å²) in [5, 5.41) is 3.61. The molecule has 0 saturated heterocycles. The van der Waals surface area contributed by atoms with Crippen LogP contribution in [-0.4, -0.2) is 32.7 Å². The van der Waals surface area contributed by atoms with Crippen molar-refractivity contribution in [3.8, 4) is 0 Å². The number of nitrogens with one attached hydrogen (secondary N) is 1. The quantitative estimate of drug-likeness (QED) is 0.658. The van der Waals surface area contributed by atoms with E-state index in [1.165, 1.54) is 25.1 Å². The van der Waals surface area contributed by atoms with Crippen molar-refractivity contribution in [2.45, 2.75) is 37.8 Å². The van der Waals surface area contributed by atoms with Crippen LogP contribution >= 0.6 is 23.2 Å². The van der Waals surface area contributed by atoms with Gasteiger partial charge >= 0.3 is 5.97 Å². The van der Waals surface area contributed by atoms with Crippen LogP contribution in [0.15, 0.2) is 41.3 Å². The van der Waals surface area contributed by atoms with E-state index in [1.807, 2.05) is 0 Å².